The van der Waals surface area contributed by atoms with Crippen LogP contribution in [0.5, 0.6) is 5.75 Å². The Bertz CT molecular complexity index is 1040. The van der Waals surface area contributed by atoms with E-state index in [9.17, 15) is 14.0 Å². The largest absolute Gasteiger partial charge is 0.496 e. The number of methoxy groups -OCH3 is 1. The van der Waals surface area contributed by atoms with E-state index in [1.165, 1.54) is 31.4 Å². The van der Waals surface area contributed by atoms with Gasteiger partial charge >= 0.3 is 12.1 Å². The highest BCUT2D eigenvalue weighted by Gasteiger charge is 2.27. The lowest BCUT2D eigenvalue weighted by atomic mass is 10.0. The third-order valence-corrected chi connectivity index (χ3v) is 4.44. The molecule has 0 aliphatic carbocycles. The third kappa shape index (κ3) is 3.54. The fraction of sp³-hybridized carbons (Fsp3) is 0.200. The Morgan fingerprint density at radius 1 is 1.21 bits per heavy atom. The number of ether oxygens (including phenoxy) is 2. The molecule has 7 nitrogen and oxygen atoms in total. The summed E-state index contributed by atoms with van der Waals surface area (Å²) in [6.45, 7) is 1.94. The van der Waals surface area contributed by atoms with Gasteiger partial charge < -0.3 is 24.9 Å². The van der Waals surface area contributed by atoms with E-state index in [0.29, 0.717) is 22.3 Å². The zero-order valence-electron chi connectivity index (χ0n) is 15.5. The summed E-state index contributed by atoms with van der Waals surface area (Å²) in [6.07, 6.45) is -1.24. The number of furan rings is 1. The van der Waals surface area contributed by atoms with Crippen molar-refractivity contribution in [3.63, 3.8) is 0 Å². The molecule has 0 saturated carbocycles. The lowest BCUT2D eigenvalue weighted by molar-refractivity contribution is 0.0640. The lowest BCUT2D eigenvalue weighted by Gasteiger charge is -2.14. The van der Waals surface area contributed by atoms with Crippen molar-refractivity contribution >= 4 is 23.0 Å². The van der Waals surface area contributed by atoms with E-state index >= 15 is 0 Å². The van der Waals surface area contributed by atoms with Crippen LogP contribution in [0.1, 0.15) is 28.9 Å². The Hall–Kier alpha value is -3.39. The van der Waals surface area contributed by atoms with E-state index in [4.69, 9.17) is 14.9 Å². The smallest absolute Gasteiger partial charge is 0.412 e. The molecule has 1 amide bonds. The van der Waals surface area contributed by atoms with Crippen LogP contribution >= 0.6 is 0 Å². The van der Waals surface area contributed by atoms with Crippen molar-refractivity contribution in [2.24, 2.45) is 5.73 Å². The average Bonchev–Trinajstić information content (AvgIpc) is 3.04. The summed E-state index contributed by atoms with van der Waals surface area (Å²) in [5, 5.41) is 3.50. The second kappa shape index (κ2) is 7.69. The lowest BCUT2D eigenvalue weighted by Crippen LogP contribution is -2.18. The maximum Gasteiger partial charge on any atom is 0.412 e. The SMILES string of the molecule is CNC(C)c1cc2oc(-c3ccc(F)cc3)c(C(=O)OC(N)=O)c2cc1OC. The minimum atomic E-state index is -1.24. The number of benzene rings is 2. The Kier molecular flexibility index (Phi) is 5.32. The average molecular weight is 386 g/mol. The molecule has 3 N–H and O–H groups in total. The van der Waals surface area contributed by atoms with E-state index in [2.05, 4.69) is 10.1 Å². The van der Waals surface area contributed by atoms with Crippen molar-refractivity contribution in [3.8, 4) is 17.1 Å². The molecule has 146 valence electrons. The van der Waals surface area contributed by atoms with Gasteiger partial charge in [0.1, 0.15) is 28.5 Å². The number of carbonyl (C=O) groups is 2. The maximum absolute atomic E-state index is 13.3. The molecule has 0 aliphatic heterocycles. The van der Waals surface area contributed by atoms with Crippen LogP contribution in [-0.2, 0) is 4.74 Å². The molecule has 3 rings (SSSR count). The van der Waals surface area contributed by atoms with Gasteiger partial charge in [0.05, 0.1) is 7.11 Å². The molecule has 0 radical (unpaired) electrons. The number of esters is 1. The van der Waals surface area contributed by atoms with Crippen molar-refractivity contribution in [2.75, 3.05) is 14.2 Å². The number of hydrogen-bond donors (Lipinski definition) is 2. The number of fused-ring (bicyclic) bond motifs is 1. The Balaban J connectivity index is 2.29. The highest BCUT2D eigenvalue weighted by atomic mass is 19.1. The van der Waals surface area contributed by atoms with Gasteiger partial charge in [-0.15, -0.1) is 0 Å². The Morgan fingerprint density at radius 3 is 2.46 bits per heavy atom. The van der Waals surface area contributed by atoms with Gasteiger partial charge in [-0.25, -0.2) is 14.0 Å². The van der Waals surface area contributed by atoms with Crippen molar-refractivity contribution in [3.05, 3.63) is 53.3 Å². The fourth-order valence-corrected chi connectivity index (χ4v) is 2.96. The quantitative estimate of drug-likeness (QED) is 0.511. The van der Waals surface area contributed by atoms with Crippen LogP contribution in [0.2, 0.25) is 0 Å². The summed E-state index contributed by atoms with van der Waals surface area (Å²) in [7, 11) is 3.31. The molecular formula is C20H19FN2O5. The molecule has 8 heteroatoms. The van der Waals surface area contributed by atoms with Gasteiger partial charge in [-0.3, -0.25) is 0 Å². The molecule has 0 fully saturated rings. The van der Waals surface area contributed by atoms with Gasteiger partial charge in [-0.2, -0.15) is 0 Å². The first-order chi connectivity index (χ1) is 13.3. The van der Waals surface area contributed by atoms with E-state index in [0.717, 1.165) is 5.56 Å². The number of nitrogens with two attached hydrogens (primary N) is 1. The normalized spacial score (nSPS) is 12.0. The summed E-state index contributed by atoms with van der Waals surface area (Å²) in [6, 6.07) is 8.71. The van der Waals surface area contributed by atoms with E-state index < -0.39 is 17.9 Å². The number of primary amides is 1. The van der Waals surface area contributed by atoms with Gasteiger partial charge in [-0.05, 0) is 50.4 Å². The number of rotatable bonds is 5. The van der Waals surface area contributed by atoms with E-state index in [1.54, 1.807) is 19.2 Å². The van der Waals surface area contributed by atoms with Gasteiger partial charge in [0.25, 0.3) is 0 Å². The number of carbonyl (C=O) groups excluding carboxylic acids is 2. The number of halogens is 1. The highest BCUT2D eigenvalue weighted by Crippen LogP contribution is 2.39. The maximum atomic E-state index is 13.3. The van der Waals surface area contributed by atoms with Crippen molar-refractivity contribution in [2.45, 2.75) is 13.0 Å². The monoisotopic (exact) mass is 386 g/mol. The second-order valence-corrected chi connectivity index (χ2v) is 6.12. The van der Waals surface area contributed by atoms with Crippen LogP contribution in [0.4, 0.5) is 9.18 Å². The van der Waals surface area contributed by atoms with E-state index in [-0.39, 0.29) is 17.4 Å². The van der Waals surface area contributed by atoms with Crippen LogP contribution in [0.3, 0.4) is 0 Å². The van der Waals surface area contributed by atoms with Gasteiger partial charge in [0.15, 0.2) is 0 Å². The summed E-state index contributed by atoms with van der Waals surface area (Å²) >= 11 is 0. The minimum Gasteiger partial charge on any atom is -0.496 e. The molecular weight excluding hydrogens is 367 g/mol. The summed E-state index contributed by atoms with van der Waals surface area (Å²) in [5.74, 6) is -0.749. The Morgan fingerprint density at radius 2 is 1.89 bits per heavy atom. The summed E-state index contributed by atoms with van der Waals surface area (Å²) < 4.78 is 29.2. The molecule has 0 saturated heterocycles. The molecule has 0 bridgehead atoms. The predicted octanol–water partition coefficient (Wildman–Crippen LogP) is 3.76. The molecule has 1 unspecified atom stereocenters. The van der Waals surface area contributed by atoms with Crippen LogP contribution in [0, 0.1) is 5.82 Å². The van der Waals surface area contributed by atoms with Crippen molar-refractivity contribution < 1.29 is 27.9 Å². The Labute approximate surface area is 160 Å². The summed E-state index contributed by atoms with van der Waals surface area (Å²) in [4.78, 5) is 23.7. The number of nitrogens with one attached hydrogen (secondary N) is 1. The number of hydrogen-bond acceptors (Lipinski definition) is 6. The first-order valence-electron chi connectivity index (χ1n) is 8.45. The number of amides is 1. The highest BCUT2D eigenvalue weighted by molar-refractivity contribution is 6.11. The second-order valence-electron chi connectivity index (χ2n) is 6.12. The first-order valence-corrected chi connectivity index (χ1v) is 8.45. The van der Waals surface area contributed by atoms with E-state index in [1.807, 2.05) is 6.92 Å². The van der Waals surface area contributed by atoms with Crippen LogP contribution in [0.15, 0.2) is 40.8 Å². The molecule has 3 aromatic rings. The molecule has 1 heterocycles. The minimum absolute atomic E-state index is 0.00219. The standard InChI is InChI=1S/C20H19FN2O5/c1-10(23-2)13-8-16-14(9-15(13)26-3)17(19(24)28-20(22)25)18(27-16)11-4-6-12(21)7-5-11/h4-10,23H,1-3H3,(H2,22,25). The molecule has 1 aromatic heterocycles. The predicted molar refractivity (Wildman–Crippen MR) is 101 cm³/mol. The molecule has 0 aliphatic rings. The first kappa shape index (κ1) is 19.4. The summed E-state index contributed by atoms with van der Waals surface area (Å²) in [5.41, 5.74) is 6.63. The third-order valence-electron chi connectivity index (χ3n) is 4.44. The molecule has 28 heavy (non-hydrogen) atoms. The van der Waals surface area contributed by atoms with Gasteiger partial charge in [0.2, 0.25) is 0 Å². The molecule has 2 aromatic carbocycles. The molecule has 1 atom stereocenters. The van der Waals surface area contributed by atoms with Crippen molar-refractivity contribution in [1.29, 1.82) is 0 Å². The van der Waals surface area contributed by atoms with Gasteiger partial charge in [0, 0.05) is 22.6 Å². The zero-order chi connectivity index (χ0) is 20.4. The van der Waals surface area contributed by atoms with Crippen molar-refractivity contribution in [1.82, 2.24) is 5.32 Å². The van der Waals surface area contributed by atoms with Crippen LogP contribution in [-0.4, -0.2) is 26.2 Å². The topological polar surface area (TPSA) is 104 Å². The van der Waals surface area contributed by atoms with Crippen LogP contribution < -0.4 is 15.8 Å². The fourth-order valence-electron chi connectivity index (χ4n) is 2.96. The zero-order valence-corrected chi connectivity index (χ0v) is 15.5. The van der Waals surface area contributed by atoms with Crippen LogP contribution in [0.25, 0.3) is 22.3 Å². The molecule has 0 spiro atoms. The van der Waals surface area contributed by atoms with Gasteiger partial charge in [-0.1, -0.05) is 0 Å².